The minimum Gasteiger partial charge on any atom is -0.508 e. The Morgan fingerprint density at radius 1 is 1.19 bits per heavy atom. The number of carbonyl (C=O) groups excluding carboxylic acids is 1. The molecule has 2 aromatic carbocycles. The molecule has 1 amide bonds. The number of aromatic hydroxyl groups is 1. The van der Waals surface area contributed by atoms with E-state index in [1.54, 1.807) is 24.3 Å². The molecule has 2 N–H and O–H groups in total. The first-order chi connectivity index (χ1) is 10.1. The van der Waals surface area contributed by atoms with Gasteiger partial charge in [0.05, 0.1) is 0 Å². The molecule has 1 aliphatic rings. The second-order valence-electron chi connectivity index (χ2n) is 4.49. The number of hydrogen-bond donors (Lipinski definition) is 2. The number of benzene rings is 2. The number of rotatable bonds is 2. The molecule has 21 heavy (non-hydrogen) atoms. The van der Waals surface area contributed by atoms with Gasteiger partial charge in [0.1, 0.15) is 23.9 Å². The van der Waals surface area contributed by atoms with Crippen LogP contribution >= 0.6 is 0 Å². The lowest BCUT2D eigenvalue weighted by molar-refractivity contribution is 0.157. The van der Waals surface area contributed by atoms with Crippen LogP contribution in [-0.2, 0) is 4.74 Å². The van der Waals surface area contributed by atoms with Crippen molar-refractivity contribution in [1.82, 2.24) is 5.43 Å². The summed E-state index contributed by atoms with van der Waals surface area (Å²) < 4.78 is 19.0. The predicted molar refractivity (Wildman–Crippen MR) is 74.5 cm³/mol. The van der Waals surface area contributed by atoms with Crippen molar-refractivity contribution in [2.75, 3.05) is 6.61 Å². The van der Waals surface area contributed by atoms with Gasteiger partial charge in [-0.1, -0.05) is 24.3 Å². The zero-order chi connectivity index (χ0) is 14.8. The van der Waals surface area contributed by atoms with Gasteiger partial charge in [-0.15, -0.1) is 0 Å². The molecule has 5 nitrogen and oxygen atoms in total. The van der Waals surface area contributed by atoms with E-state index in [4.69, 9.17) is 4.74 Å². The molecular formula is C15H11FN2O3. The third-order valence-corrected chi connectivity index (χ3v) is 3.08. The largest absolute Gasteiger partial charge is 0.508 e. The first kappa shape index (κ1) is 13.1. The smallest absolute Gasteiger partial charge is 0.428 e. The number of cyclic esters (lactones) is 1. The summed E-state index contributed by atoms with van der Waals surface area (Å²) >= 11 is 0. The lowest BCUT2D eigenvalue weighted by Gasteiger charge is -2.14. The van der Waals surface area contributed by atoms with Gasteiger partial charge in [-0.05, 0) is 23.8 Å². The molecule has 6 heteroatoms. The predicted octanol–water partition coefficient (Wildman–Crippen LogP) is 2.64. The van der Waals surface area contributed by atoms with E-state index in [0.717, 1.165) is 0 Å². The second-order valence-corrected chi connectivity index (χ2v) is 4.49. The van der Waals surface area contributed by atoms with Gasteiger partial charge < -0.3 is 9.84 Å². The lowest BCUT2D eigenvalue weighted by Crippen LogP contribution is -2.30. The van der Waals surface area contributed by atoms with Crippen molar-refractivity contribution in [3.8, 4) is 16.9 Å². The Kier molecular flexibility index (Phi) is 3.27. The summed E-state index contributed by atoms with van der Waals surface area (Å²) in [5.74, 6) is -0.374. The summed E-state index contributed by atoms with van der Waals surface area (Å²) in [5, 5.41) is 13.3. The van der Waals surface area contributed by atoms with Crippen molar-refractivity contribution < 1.29 is 19.0 Å². The van der Waals surface area contributed by atoms with Crippen molar-refractivity contribution in [3.63, 3.8) is 0 Å². The summed E-state index contributed by atoms with van der Waals surface area (Å²) in [6.45, 7) is -0.00323. The Bertz CT molecular complexity index is 743. The Labute approximate surface area is 119 Å². The average Bonchev–Trinajstić information content (AvgIpc) is 2.48. The number of nitrogens with zero attached hydrogens (tertiary/aromatic N) is 1. The van der Waals surface area contributed by atoms with E-state index in [1.807, 2.05) is 0 Å². The van der Waals surface area contributed by atoms with Crippen LogP contribution in [0.2, 0.25) is 0 Å². The molecule has 3 rings (SSSR count). The number of ether oxygens (including phenoxy) is 1. The first-order valence-corrected chi connectivity index (χ1v) is 6.22. The third-order valence-electron chi connectivity index (χ3n) is 3.08. The number of carbonyl (C=O) groups is 1. The lowest BCUT2D eigenvalue weighted by atomic mass is 10.0. The maximum atomic E-state index is 14.2. The highest BCUT2D eigenvalue weighted by molar-refractivity contribution is 6.03. The van der Waals surface area contributed by atoms with Crippen molar-refractivity contribution in [3.05, 3.63) is 53.8 Å². The van der Waals surface area contributed by atoms with E-state index < -0.39 is 11.9 Å². The normalized spacial score (nSPS) is 14.1. The average molecular weight is 286 g/mol. The van der Waals surface area contributed by atoms with Crippen LogP contribution < -0.4 is 5.43 Å². The molecule has 0 fully saturated rings. The number of hydrogen-bond acceptors (Lipinski definition) is 4. The Morgan fingerprint density at radius 3 is 2.71 bits per heavy atom. The van der Waals surface area contributed by atoms with Gasteiger partial charge in [0.2, 0.25) is 0 Å². The molecule has 0 unspecified atom stereocenters. The van der Waals surface area contributed by atoms with Gasteiger partial charge in [-0.3, -0.25) is 0 Å². The molecule has 0 atom stereocenters. The Morgan fingerprint density at radius 2 is 2.05 bits per heavy atom. The molecule has 0 radical (unpaired) electrons. The van der Waals surface area contributed by atoms with Gasteiger partial charge in [-0.2, -0.15) is 5.10 Å². The molecule has 0 aromatic heterocycles. The van der Waals surface area contributed by atoms with E-state index in [0.29, 0.717) is 22.4 Å². The Hall–Kier alpha value is -2.89. The summed E-state index contributed by atoms with van der Waals surface area (Å²) in [4.78, 5) is 10.8. The molecule has 1 aliphatic heterocycles. The standard InChI is InChI=1S/C15H11FN2O3/c16-13-7-10(14-8-21-15(20)18-17-14)4-5-12(13)9-2-1-3-11(19)6-9/h1-7,19H,8H2,(H,18,20). The van der Waals surface area contributed by atoms with Crippen molar-refractivity contribution >= 4 is 11.8 Å². The van der Waals surface area contributed by atoms with Crippen LogP contribution in [0.4, 0.5) is 9.18 Å². The highest BCUT2D eigenvalue weighted by Gasteiger charge is 2.16. The monoisotopic (exact) mass is 286 g/mol. The van der Waals surface area contributed by atoms with Crippen LogP contribution in [-0.4, -0.2) is 23.5 Å². The third kappa shape index (κ3) is 2.69. The number of hydrazone groups is 1. The van der Waals surface area contributed by atoms with Gasteiger partial charge >= 0.3 is 6.09 Å². The molecule has 2 aromatic rings. The fourth-order valence-corrected chi connectivity index (χ4v) is 2.06. The SMILES string of the molecule is O=C1NN=C(c2ccc(-c3cccc(O)c3)c(F)c2)CO1. The van der Waals surface area contributed by atoms with Crippen LogP contribution in [0.3, 0.4) is 0 Å². The number of halogens is 1. The van der Waals surface area contributed by atoms with Gasteiger partial charge in [0.15, 0.2) is 0 Å². The summed E-state index contributed by atoms with van der Waals surface area (Å²) in [6.07, 6.45) is -0.629. The summed E-state index contributed by atoms with van der Waals surface area (Å²) in [7, 11) is 0. The van der Waals surface area contributed by atoms with Crippen molar-refractivity contribution in [1.29, 1.82) is 0 Å². The van der Waals surface area contributed by atoms with Crippen LogP contribution in [0.1, 0.15) is 5.56 Å². The van der Waals surface area contributed by atoms with Crippen molar-refractivity contribution in [2.45, 2.75) is 0 Å². The summed E-state index contributed by atoms with van der Waals surface area (Å²) in [5.41, 5.74) is 4.09. The second kappa shape index (κ2) is 5.24. The first-order valence-electron chi connectivity index (χ1n) is 6.22. The van der Waals surface area contributed by atoms with Gasteiger partial charge in [0.25, 0.3) is 0 Å². The highest BCUT2D eigenvalue weighted by Crippen LogP contribution is 2.26. The topological polar surface area (TPSA) is 70.9 Å². The van der Waals surface area contributed by atoms with E-state index in [1.165, 1.54) is 18.2 Å². The number of amides is 1. The number of phenolic OH excluding ortho intramolecular Hbond substituents is 1. The molecule has 0 bridgehead atoms. The quantitative estimate of drug-likeness (QED) is 0.891. The number of phenols is 1. The molecule has 0 saturated heterocycles. The summed E-state index contributed by atoms with van der Waals surface area (Å²) in [6, 6.07) is 11.0. The fourth-order valence-electron chi connectivity index (χ4n) is 2.06. The van der Waals surface area contributed by atoms with Crippen LogP contribution in [0.25, 0.3) is 11.1 Å². The van der Waals surface area contributed by atoms with Crippen LogP contribution in [0.15, 0.2) is 47.6 Å². The van der Waals surface area contributed by atoms with Crippen LogP contribution in [0.5, 0.6) is 5.75 Å². The van der Waals surface area contributed by atoms with E-state index in [2.05, 4.69) is 10.5 Å². The maximum Gasteiger partial charge on any atom is 0.428 e. The highest BCUT2D eigenvalue weighted by atomic mass is 19.1. The zero-order valence-electron chi connectivity index (χ0n) is 10.8. The van der Waals surface area contributed by atoms with Crippen LogP contribution in [0, 0.1) is 5.82 Å². The molecule has 0 saturated carbocycles. The van der Waals surface area contributed by atoms with E-state index in [-0.39, 0.29) is 12.4 Å². The molecule has 0 spiro atoms. The van der Waals surface area contributed by atoms with E-state index >= 15 is 0 Å². The van der Waals surface area contributed by atoms with Gasteiger partial charge in [0, 0.05) is 11.1 Å². The number of nitrogens with one attached hydrogen (secondary N) is 1. The fraction of sp³-hybridized carbons (Fsp3) is 0.0667. The molecule has 1 heterocycles. The van der Waals surface area contributed by atoms with E-state index in [9.17, 15) is 14.3 Å². The van der Waals surface area contributed by atoms with Gasteiger partial charge in [-0.25, -0.2) is 14.6 Å². The molecular weight excluding hydrogens is 275 g/mol. The zero-order valence-corrected chi connectivity index (χ0v) is 10.8. The molecule has 0 aliphatic carbocycles. The minimum absolute atomic E-state index is 0.00323. The maximum absolute atomic E-state index is 14.2. The minimum atomic E-state index is -0.629. The van der Waals surface area contributed by atoms with Crippen molar-refractivity contribution in [2.24, 2.45) is 5.10 Å². The molecule has 106 valence electrons. The Balaban J connectivity index is 1.95.